The second kappa shape index (κ2) is 36.2. The molecule has 5 aliphatic heterocycles. The molecule has 3 N–H and O–H groups in total. The van der Waals surface area contributed by atoms with Crippen LogP contribution in [0.25, 0.3) is 206 Å². The standard InChI is InChI=1S/C42H28.C22H21N3O.C22H18N2O2S.C20H12N2O2.C20H12/c1-5-17-29(18-6-1)37-33-25-13-14-26-34(33)39(31-21-9-3-10-22-31)42-40(32-23-11-4-12-24-32)36-28-16-15-27-35(36)38(41(37)42)30-19-7-2-8-20-30;1-24-21(15-23)17-8-11-26-20(14-17)7-6-16-12-18-4-2-9-25-10-3-5-19(13-16)22(18)25;25-22-16(21-23-17-7-1-2-8-18(17)27-21)12-14-11-13-5-3-9-24-10-4-6-15(19(13)24)20(14)26-22;23-19-11-5-1-3-7-15(11)21-17-10-14-18(9-13(17)19)22-16-8-4-2-6-12(16)20(14)24;1-5-13-6-2-11-17-18-12-4-8-14-7-3-10-16(20(14)18)15(9-1)19(13)17/h1-28H;6-8,11-14,17,23H,2-5,9-10H2;1-2,7-8,11-12H,3-6,9-10H2;1-10H,(H,21,23)(H,22,24);1-12H/b;7-6+;;;. The molecule has 0 fully saturated rings. The van der Waals surface area contributed by atoms with Crippen LogP contribution < -0.4 is 26.3 Å². The number of fused-ring (bicyclic) bond motifs is 12. The molecule has 13 heteroatoms. The first-order valence-electron chi connectivity index (χ1n) is 47.8. The third kappa shape index (κ3) is 15.4. The van der Waals surface area contributed by atoms with E-state index >= 15 is 0 Å². The molecule has 23 aromatic rings. The van der Waals surface area contributed by atoms with E-state index in [4.69, 9.17) is 21.1 Å². The van der Waals surface area contributed by atoms with Gasteiger partial charge in [0.05, 0.1) is 39.6 Å². The minimum absolute atomic E-state index is 0.0322. The SMILES string of the molecule is O=c1c2ccccc2[nH]c2cc3c(=O)c4ccccc4[nH]c3cc12.O=c1oc2c3c4c(cc2cc1-c1nc2ccccc2s1)CCCN4CCC3.[C-]#[N+]C(=C=N)C1C=COC(/C=C/c2cc3c4c(c2)CCCN4CCC3)=C1.c1cc2cccc3c4cccc5cccc(c(c1)c23)c54.c1ccc(-c2c3ccccc3c(-c3ccccc3)c3c(-c4ccccc4)c4ccccc4c(-c4ccccc4)c23)cc1. The summed E-state index contributed by atoms with van der Waals surface area (Å²) in [6, 6.07) is 123. The maximum absolute atomic E-state index is 12.8. The molecule has 19 aromatic carbocycles. The zero-order valence-electron chi connectivity index (χ0n) is 76.2. The van der Waals surface area contributed by atoms with Crippen molar-refractivity contribution in [2.24, 2.45) is 5.92 Å². The van der Waals surface area contributed by atoms with Crippen molar-refractivity contribution in [2.45, 2.75) is 51.4 Å². The van der Waals surface area contributed by atoms with Crippen LogP contribution in [0.3, 0.4) is 0 Å². The van der Waals surface area contributed by atoms with Gasteiger partial charge in [-0.2, -0.15) is 0 Å². The summed E-state index contributed by atoms with van der Waals surface area (Å²) in [5.74, 6) is 2.66. The number of anilines is 2. The largest absolute Gasteiger partial charge is 0.466 e. The Morgan fingerprint density at radius 1 is 0.410 bits per heavy atom. The normalized spacial score (nSPS) is 14.2. The number of hydrogen-bond donors (Lipinski definition) is 3. The van der Waals surface area contributed by atoms with Crippen LogP contribution in [0.1, 0.15) is 53.5 Å². The van der Waals surface area contributed by atoms with Crippen molar-refractivity contribution in [3.05, 3.63) is 458 Å². The molecule has 5 aliphatic rings. The van der Waals surface area contributed by atoms with E-state index in [0.717, 1.165) is 82.4 Å². The predicted octanol–water partition coefficient (Wildman–Crippen LogP) is 30.5. The first kappa shape index (κ1) is 84.8. The minimum Gasteiger partial charge on any atom is -0.466 e. The molecule has 0 spiro atoms. The number of aromatic amines is 2. The fourth-order valence-corrected chi connectivity index (χ4v) is 23.3. The first-order valence-corrected chi connectivity index (χ1v) is 48.7. The van der Waals surface area contributed by atoms with Crippen molar-refractivity contribution >= 4 is 175 Å². The average Bonchev–Trinajstić information content (AvgIpc) is 0.847. The van der Waals surface area contributed by atoms with E-state index in [-0.39, 0.29) is 28.1 Å². The van der Waals surface area contributed by atoms with E-state index in [0.29, 0.717) is 43.9 Å². The van der Waals surface area contributed by atoms with Crippen LogP contribution in [0.2, 0.25) is 0 Å². The number of allylic oxidation sites excluding steroid dienone is 2. The summed E-state index contributed by atoms with van der Waals surface area (Å²) in [7, 11) is 0. The fraction of sp³-hybridized carbons (Fsp3) is 0.103. The van der Waals surface area contributed by atoms with Gasteiger partial charge in [-0.15, -0.1) is 11.3 Å². The van der Waals surface area contributed by atoms with Gasteiger partial charge in [0.25, 0.3) is 0 Å². The van der Waals surface area contributed by atoms with Crippen molar-refractivity contribution in [3.8, 4) is 55.1 Å². The zero-order chi connectivity index (χ0) is 93.1. The van der Waals surface area contributed by atoms with Crippen LogP contribution in [-0.4, -0.2) is 47.0 Å². The maximum atomic E-state index is 12.8. The molecule has 0 aliphatic carbocycles. The molecule has 0 saturated heterocycles. The number of nitrogens with zero attached hydrogens (tertiary/aromatic N) is 4. The van der Waals surface area contributed by atoms with Gasteiger partial charge < -0.3 is 28.9 Å². The molecule has 1 atom stereocenters. The number of rotatable bonds is 8. The van der Waals surface area contributed by atoms with Crippen molar-refractivity contribution in [3.63, 3.8) is 0 Å². The Hall–Kier alpha value is -17.1. The molecule has 0 saturated carbocycles. The van der Waals surface area contributed by atoms with Gasteiger partial charge in [0.1, 0.15) is 16.3 Å². The van der Waals surface area contributed by atoms with Gasteiger partial charge in [-0.05, 0) is 290 Å². The lowest BCUT2D eigenvalue weighted by molar-refractivity contribution is 0.354. The topological polar surface area (TPSA) is 153 Å². The van der Waals surface area contributed by atoms with Crippen LogP contribution >= 0.6 is 11.3 Å². The van der Waals surface area contributed by atoms with E-state index < -0.39 is 0 Å². The number of ether oxygens (including phenoxy) is 1. The van der Waals surface area contributed by atoms with Crippen LogP contribution in [0, 0.1) is 17.9 Å². The number of H-pyrrole nitrogens is 2. The Balaban J connectivity index is 0.0000000967. The summed E-state index contributed by atoms with van der Waals surface area (Å²) in [4.78, 5) is 57.9. The van der Waals surface area contributed by atoms with Gasteiger partial charge in [0.15, 0.2) is 10.9 Å². The second-order valence-corrected chi connectivity index (χ2v) is 37.5. The fourth-order valence-electron chi connectivity index (χ4n) is 22.3. The van der Waals surface area contributed by atoms with E-state index in [9.17, 15) is 14.4 Å². The number of pyridine rings is 2. The maximum Gasteiger partial charge on any atom is 0.346 e. The van der Waals surface area contributed by atoms with Gasteiger partial charge in [0, 0.05) is 87.0 Å². The number of hydrogen-bond acceptors (Lipinski definition) is 10. The predicted molar refractivity (Wildman–Crippen MR) is 580 cm³/mol. The first-order chi connectivity index (χ1) is 68.6. The van der Waals surface area contributed by atoms with E-state index in [1.165, 1.54) is 191 Å². The molecular weight excluding hydrogens is 1720 g/mol. The van der Waals surface area contributed by atoms with Gasteiger partial charge in [-0.3, -0.25) is 15.0 Å². The van der Waals surface area contributed by atoms with Crippen molar-refractivity contribution < 1.29 is 9.15 Å². The lowest BCUT2D eigenvalue weighted by Crippen LogP contribution is -2.34. The highest BCUT2D eigenvalue weighted by Crippen LogP contribution is 2.55. The van der Waals surface area contributed by atoms with Gasteiger partial charge in [-0.25, -0.2) is 14.6 Å². The number of thiazole rings is 1. The summed E-state index contributed by atoms with van der Waals surface area (Å²) < 4.78 is 12.5. The van der Waals surface area contributed by atoms with Crippen molar-refractivity contribution in [2.75, 3.05) is 36.0 Å². The molecule has 0 bridgehead atoms. The van der Waals surface area contributed by atoms with Crippen LogP contribution in [0.4, 0.5) is 11.4 Å². The number of aromatic nitrogens is 3. The molecule has 28 rings (SSSR count). The van der Waals surface area contributed by atoms with E-state index in [1.54, 1.807) is 47.9 Å². The Kier molecular flexibility index (Phi) is 22.1. The monoisotopic (exact) mass is 1810 g/mol. The Morgan fingerprint density at radius 2 is 0.820 bits per heavy atom. The van der Waals surface area contributed by atoms with Gasteiger partial charge in [0.2, 0.25) is 5.70 Å². The van der Waals surface area contributed by atoms with Crippen LogP contribution in [0.15, 0.2) is 407 Å². The minimum atomic E-state index is -0.286. The molecule has 9 heterocycles. The molecule has 139 heavy (non-hydrogen) atoms. The van der Waals surface area contributed by atoms with Crippen LogP contribution in [-0.2, 0) is 30.4 Å². The lowest BCUT2D eigenvalue weighted by Gasteiger charge is -2.37. The van der Waals surface area contributed by atoms with Crippen molar-refractivity contribution in [1.82, 2.24) is 15.0 Å². The third-order valence-electron chi connectivity index (χ3n) is 28.3. The molecule has 1 unspecified atom stereocenters. The molecule has 666 valence electrons. The highest BCUT2D eigenvalue weighted by Gasteiger charge is 2.31. The highest BCUT2D eigenvalue weighted by atomic mass is 32.1. The number of benzene rings is 19. The average molecular weight is 1820 g/mol. The molecule has 4 aromatic heterocycles. The summed E-state index contributed by atoms with van der Waals surface area (Å²) in [6.45, 7) is 11.7. The zero-order valence-corrected chi connectivity index (χ0v) is 77.0. The van der Waals surface area contributed by atoms with Crippen LogP contribution in [0.5, 0.6) is 0 Å². The number of para-hydroxylation sites is 3. The highest BCUT2D eigenvalue weighted by molar-refractivity contribution is 7.21. The summed E-state index contributed by atoms with van der Waals surface area (Å²) >= 11 is 1.54. The molecular formula is C126H91N7O5S. The summed E-state index contributed by atoms with van der Waals surface area (Å²) in [6.07, 6.45) is 18.4. The quantitative estimate of drug-likeness (QED) is 0.0447. The Morgan fingerprint density at radius 3 is 1.27 bits per heavy atom. The Bertz CT molecular complexity index is 8650. The Labute approximate surface area is 805 Å². The van der Waals surface area contributed by atoms with Gasteiger partial charge >= 0.3 is 5.63 Å². The van der Waals surface area contributed by atoms with E-state index in [2.05, 4.69) is 302 Å². The third-order valence-corrected chi connectivity index (χ3v) is 29.4. The number of aryl methyl sites for hydroxylation is 4. The van der Waals surface area contributed by atoms with Gasteiger partial charge in [-0.1, -0.05) is 285 Å². The summed E-state index contributed by atoms with van der Waals surface area (Å²) in [5, 5.41) is 30.0. The van der Waals surface area contributed by atoms with E-state index in [1.807, 2.05) is 78.9 Å². The van der Waals surface area contributed by atoms with Crippen molar-refractivity contribution in [1.29, 1.82) is 5.41 Å². The molecule has 0 amide bonds. The smallest absolute Gasteiger partial charge is 0.346 e. The molecule has 0 radical (unpaired) electrons. The lowest BCUT2D eigenvalue weighted by atomic mass is 9.77. The summed E-state index contributed by atoms with van der Waals surface area (Å²) in [5.41, 5.74) is 24.7. The second-order valence-electron chi connectivity index (χ2n) is 36.5. The number of nitrogens with one attached hydrogen (secondary N) is 3. The molecule has 12 nitrogen and oxygen atoms in total.